The Morgan fingerprint density at radius 2 is 1.95 bits per heavy atom. The van der Waals surface area contributed by atoms with E-state index in [0.717, 1.165) is 22.5 Å². The summed E-state index contributed by atoms with van der Waals surface area (Å²) in [7, 11) is 0. The van der Waals surface area contributed by atoms with Crippen molar-refractivity contribution in [1.82, 2.24) is 19.7 Å². The van der Waals surface area contributed by atoms with Crippen molar-refractivity contribution in [2.45, 2.75) is 18.9 Å². The molecule has 3 aromatic rings. The third kappa shape index (κ3) is 1.83. The number of hydrogen-bond acceptors (Lipinski definition) is 4. The molecule has 1 saturated carbocycles. The van der Waals surface area contributed by atoms with E-state index in [-0.39, 0.29) is 0 Å². The molecular weight excluding hydrogens is 238 g/mol. The summed E-state index contributed by atoms with van der Waals surface area (Å²) in [5.74, 6) is 0.884. The maximum atomic E-state index is 4.43. The summed E-state index contributed by atoms with van der Waals surface area (Å²) in [6.07, 6.45) is 5.86. The van der Waals surface area contributed by atoms with Gasteiger partial charge in [-0.3, -0.25) is 0 Å². The van der Waals surface area contributed by atoms with E-state index in [9.17, 15) is 0 Å². The quantitative estimate of drug-likeness (QED) is 0.776. The molecule has 0 saturated heterocycles. The van der Waals surface area contributed by atoms with Crippen molar-refractivity contribution >= 4 is 16.9 Å². The lowest BCUT2D eigenvalue weighted by atomic mass is 10.3. The van der Waals surface area contributed by atoms with Crippen LogP contribution in [0.1, 0.15) is 12.8 Å². The first-order valence-electron chi connectivity index (χ1n) is 6.42. The van der Waals surface area contributed by atoms with Crippen molar-refractivity contribution < 1.29 is 0 Å². The molecule has 0 atom stereocenters. The van der Waals surface area contributed by atoms with Crippen LogP contribution < -0.4 is 5.32 Å². The standard InChI is InChI=1S/C14H13N5/c1-2-4-11(5-3-1)19-14-12(8-17-19)13(15-9-16-14)18-10-6-7-10/h1-5,8-10H,6-7H2,(H,15,16,18). The molecule has 1 aromatic carbocycles. The molecule has 1 N–H and O–H groups in total. The van der Waals surface area contributed by atoms with Crippen molar-refractivity contribution in [3.05, 3.63) is 42.9 Å². The van der Waals surface area contributed by atoms with Crippen LogP contribution in [-0.2, 0) is 0 Å². The number of rotatable bonds is 3. The Balaban J connectivity index is 1.85. The predicted octanol–water partition coefficient (Wildman–Crippen LogP) is 2.39. The molecule has 4 rings (SSSR count). The van der Waals surface area contributed by atoms with Crippen LogP contribution in [0.3, 0.4) is 0 Å². The molecule has 5 heteroatoms. The molecule has 2 heterocycles. The number of nitrogens with zero attached hydrogens (tertiary/aromatic N) is 4. The summed E-state index contributed by atoms with van der Waals surface area (Å²) < 4.78 is 1.84. The zero-order chi connectivity index (χ0) is 12.7. The van der Waals surface area contributed by atoms with Gasteiger partial charge in [-0.2, -0.15) is 5.10 Å². The molecule has 1 aliphatic carbocycles. The Labute approximate surface area is 110 Å². The second-order valence-corrected chi connectivity index (χ2v) is 4.77. The normalized spacial score (nSPS) is 14.7. The minimum absolute atomic E-state index is 0.568. The van der Waals surface area contributed by atoms with Gasteiger partial charge in [0.15, 0.2) is 5.65 Å². The lowest BCUT2D eigenvalue weighted by Crippen LogP contribution is -2.04. The Bertz CT molecular complexity index is 715. The number of para-hydroxylation sites is 1. The third-order valence-corrected chi connectivity index (χ3v) is 3.28. The second kappa shape index (κ2) is 4.05. The van der Waals surface area contributed by atoms with Crippen LogP contribution in [0, 0.1) is 0 Å². The van der Waals surface area contributed by atoms with Gasteiger partial charge in [-0.05, 0) is 25.0 Å². The van der Waals surface area contributed by atoms with Gasteiger partial charge in [0.05, 0.1) is 17.3 Å². The topological polar surface area (TPSA) is 55.6 Å². The average molecular weight is 251 g/mol. The molecule has 1 aliphatic rings. The SMILES string of the molecule is c1ccc(-n2ncc3c(NC4CC4)ncnc32)cc1. The molecule has 0 spiro atoms. The van der Waals surface area contributed by atoms with E-state index in [4.69, 9.17) is 0 Å². The summed E-state index contributed by atoms with van der Waals surface area (Å²) in [6.45, 7) is 0. The molecule has 0 bridgehead atoms. The molecule has 2 aromatic heterocycles. The van der Waals surface area contributed by atoms with Crippen LogP contribution >= 0.6 is 0 Å². The van der Waals surface area contributed by atoms with Gasteiger partial charge >= 0.3 is 0 Å². The first kappa shape index (κ1) is 10.5. The second-order valence-electron chi connectivity index (χ2n) is 4.77. The molecule has 0 amide bonds. The maximum absolute atomic E-state index is 4.43. The largest absolute Gasteiger partial charge is 0.367 e. The van der Waals surface area contributed by atoms with E-state index in [1.54, 1.807) is 6.33 Å². The van der Waals surface area contributed by atoms with E-state index in [1.165, 1.54) is 12.8 Å². The fourth-order valence-corrected chi connectivity index (χ4v) is 2.14. The highest BCUT2D eigenvalue weighted by Crippen LogP contribution is 2.27. The Kier molecular flexibility index (Phi) is 2.24. The number of fused-ring (bicyclic) bond motifs is 1. The fourth-order valence-electron chi connectivity index (χ4n) is 2.14. The van der Waals surface area contributed by atoms with Crippen molar-refractivity contribution in [1.29, 1.82) is 0 Å². The minimum Gasteiger partial charge on any atom is -0.367 e. The van der Waals surface area contributed by atoms with Crippen LogP contribution in [0.5, 0.6) is 0 Å². The van der Waals surface area contributed by atoms with Crippen LogP contribution in [0.4, 0.5) is 5.82 Å². The number of benzene rings is 1. The average Bonchev–Trinajstić information content (AvgIpc) is 3.16. The van der Waals surface area contributed by atoms with Gasteiger partial charge in [-0.15, -0.1) is 0 Å². The number of nitrogens with one attached hydrogen (secondary N) is 1. The van der Waals surface area contributed by atoms with E-state index in [1.807, 2.05) is 41.2 Å². The molecule has 1 fully saturated rings. The number of anilines is 1. The van der Waals surface area contributed by atoms with Crippen molar-refractivity contribution in [3.63, 3.8) is 0 Å². The number of aromatic nitrogens is 4. The van der Waals surface area contributed by atoms with Gasteiger partial charge in [0.25, 0.3) is 0 Å². The first-order valence-corrected chi connectivity index (χ1v) is 6.42. The fraction of sp³-hybridized carbons (Fsp3) is 0.214. The monoisotopic (exact) mass is 251 g/mol. The zero-order valence-electron chi connectivity index (χ0n) is 10.3. The summed E-state index contributed by atoms with van der Waals surface area (Å²) >= 11 is 0. The summed E-state index contributed by atoms with van der Waals surface area (Å²) in [5.41, 5.74) is 1.85. The van der Waals surface area contributed by atoms with E-state index < -0.39 is 0 Å². The van der Waals surface area contributed by atoms with Crippen LogP contribution in [0.2, 0.25) is 0 Å². The van der Waals surface area contributed by atoms with Gasteiger partial charge in [0.2, 0.25) is 0 Å². The molecule has 5 nitrogen and oxygen atoms in total. The highest BCUT2D eigenvalue weighted by molar-refractivity contribution is 5.87. The van der Waals surface area contributed by atoms with Crippen LogP contribution in [0.25, 0.3) is 16.7 Å². The molecule has 94 valence electrons. The lowest BCUT2D eigenvalue weighted by molar-refractivity contribution is 0.895. The highest BCUT2D eigenvalue weighted by Gasteiger charge is 2.23. The van der Waals surface area contributed by atoms with Crippen molar-refractivity contribution in [2.24, 2.45) is 0 Å². The first-order chi connectivity index (χ1) is 9.42. The van der Waals surface area contributed by atoms with Crippen LogP contribution in [0.15, 0.2) is 42.9 Å². The minimum atomic E-state index is 0.568. The molecular formula is C14H13N5. The Morgan fingerprint density at radius 3 is 2.74 bits per heavy atom. The summed E-state index contributed by atoms with van der Waals surface area (Å²) in [4.78, 5) is 8.67. The molecule has 0 aliphatic heterocycles. The van der Waals surface area contributed by atoms with Gasteiger partial charge < -0.3 is 5.32 Å². The zero-order valence-corrected chi connectivity index (χ0v) is 10.3. The van der Waals surface area contributed by atoms with Gasteiger partial charge in [0.1, 0.15) is 12.1 Å². The third-order valence-electron chi connectivity index (χ3n) is 3.28. The van der Waals surface area contributed by atoms with Gasteiger partial charge in [-0.1, -0.05) is 18.2 Å². The van der Waals surface area contributed by atoms with Crippen molar-refractivity contribution in [2.75, 3.05) is 5.32 Å². The number of hydrogen-bond donors (Lipinski definition) is 1. The Hall–Kier alpha value is -2.43. The summed E-state index contributed by atoms with van der Waals surface area (Å²) in [6, 6.07) is 10.6. The highest BCUT2D eigenvalue weighted by atomic mass is 15.3. The predicted molar refractivity (Wildman–Crippen MR) is 73.3 cm³/mol. The maximum Gasteiger partial charge on any atom is 0.168 e. The van der Waals surface area contributed by atoms with E-state index >= 15 is 0 Å². The van der Waals surface area contributed by atoms with E-state index in [2.05, 4.69) is 20.4 Å². The Morgan fingerprint density at radius 1 is 1.11 bits per heavy atom. The van der Waals surface area contributed by atoms with E-state index in [0.29, 0.717) is 6.04 Å². The smallest absolute Gasteiger partial charge is 0.168 e. The molecule has 0 unspecified atom stereocenters. The van der Waals surface area contributed by atoms with Gasteiger partial charge in [0, 0.05) is 6.04 Å². The van der Waals surface area contributed by atoms with Crippen LogP contribution in [-0.4, -0.2) is 25.8 Å². The van der Waals surface area contributed by atoms with Gasteiger partial charge in [-0.25, -0.2) is 14.6 Å². The lowest BCUT2D eigenvalue weighted by Gasteiger charge is -2.05. The molecule has 0 radical (unpaired) electrons. The van der Waals surface area contributed by atoms with Crippen molar-refractivity contribution in [3.8, 4) is 5.69 Å². The summed E-state index contributed by atoms with van der Waals surface area (Å²) in [5, 5.41) is 8.82. The molecule has 19 heavy (non-hydrogen) atoms.